The summed E-state index contributed by atoms with van der Waals surface area (Å²) in [6.45, 7) is 0.465. The van der Waals surface area contributed by atoms with Crippen molar-refractivity contribution in [3.63, 3.8) is 0 Å². The number of piperidine rings is 2. The van der Waals surface area contributed by atoms with Crippen LogP contribution >= 0.6 is 0 Å². The van der Waals surface area contributed by atoms with Gasteiger partial charge >= 0.3 is 6.18 Å². The van der Waals surface area contributed by atoms with E-state index in [9.17, 15) is 22.8 Å². The molecule has 0 bridgehead atoms. The van der Waals surface area contributed by atoms with Crippen LogP contribution in [0.15, 0.2) is 48.7 Å². The number of alkyl halides is 3. The van der Waals surface area contributed by atoms with E-state index in [4.69, 9.17) is 9.47 Å². The van der Waals surface area contributed by atoms with E-state index in [1.54, 1.807) is 31.5 Å². The molecule has 2 fully saturated rings. The Labute approximate surface area is 201 Å². The second kappa shape index (κ2) is 9.49. The van der Waals surface area contributed by atoms with Gasteiger partial charge in [-0.15, -0.1) is 0 Å². The van der Waals surface area contributed by atoms with Crippen molar-refractivity contribution in [3.05, 3.63) is 59.9 Å². The first-order valence-electron chi connectivity index (χ1n) is 11.4. The maximum absolute atomic E-state index is 14.4. The van der Waals surface area contributed by atoms with E-state index in [1.807, 2.05) is 0 Å². The number of hydrogen-bond donors (Lipinski definition) is 1. The number of rotatable bonds is 5. The van der Waals surface area contributed by atoms with Gasteiger partial charge in [0.1, 0.15) is 5.75 Å². The Kier molecular flexibility index (Phi) is 6.77. The van der Waals surface area contributed by atoms with E-state index < -0.39 is 23.1 Å². The van der Waals surface area contributed by atoms with Crippen LogP contribution in [0.5, 0.6) is 5.75 Å². The molecule has 0 radical (unpaired) electrons. The molecule has 1 N–H and O–H groups in total. The predicted molar refractivity (Wildman–Crippen MR) is 121 cm³/mol. The fourth-order valence-electron chi connectivity index (χ4n) is 5.47. The summed E-state index contributed by atoms with van der Waals surface area (Å²) in [6.07, 6.45) is -2.42. The maximum Gasteiger partial charge on any atom is 0.430 e. The number of aromatic nitrogens is 1. The molecule has 7 nitrogen and oxygen atoms in total. The Balaban J connectivity index is 1.64. The molecule has 2 aromatic rings. The molecule has 188 valence electrons. The van der Waals surface area contributed by atoms with E-state index in [-0.39, 0.29) is 36.9 Å². The minimum absolute atomic E-state index is 0.0613. The van der Waals surface area contributed by atoms with Crippen molar-refractivity contribution in [1.29, 1.82) is 0 Å². The third kappa shape index (κ3) is 4.24. The topological polar surface area (TPSA) is 80.8 Å². The number of ether oxygens (including phenoxy) is 2. The number of carbonyl (C=O) groups excluding carboxylic acids is 2. The van der Waals surface area contributed by atoms with Crippen molar-refractivity contribution in [2.75, 3.05) is 33.9 Å². The summed E-state index contributed by atoms with van der Waals surface area (Å²) >= 11 is 0. The van der Waals surface area contributed by atoms with Gasteiger partial charge in [-0.05, 0) is 30.4 Å². The molecule has 10 heteroatoms. The van der Waals surface area contributed by atoms with E-state index in [1.165, 1.54) is 29.2 Å². The van der Waals surface area contributed by atoms with Gasteiger partial charge in [-0.3, -0.25) is 14.6 Å². The van der Waals surface area contributed by atoms with Crippen LogP contribution in [0.4, 0.5) is 13.2 Å². The summed E-state index contributed by atoms with van der Waals surface area (Å²) in [6, 6.07) is 10.5. The van der Waals surface area contributed by atoms with Gasteiger partial charge in [-0.25, -0.2) is 0 Å². The highest BCUT2D eigenvalue weighted by molar-refractivity contribution is 5.88. The molecule has 2 atom stereocenters. The van der Waals surface area contributed by atoms with E-state index in [2.05, 4.69) is 10.3 Å². The number of likely N-dealkylation sites (tertiary alicyclic amines) is 1. The van der Waals surface area contributed by atoms with Crippen LogP contribution in [0, 0.1) is 5.41 Å². The first-order valence-corrected chi connectivity index (χ1v) is 11.4. The zero-order chi connectivity index (χ0) is 25.3. The molecule has 0 unspecified atom stereocenters. The monoisotopic (exact) mass is 491 g/mol. The lowest BCUT2D eigenvalue weighted by Gasteiger charge is -2.49. The largest absolute Gasteiger partial charge is 0.495 e. The van der Waals surface area contributed by atoms with Gasteiger partial charge in [0.05, 0.1) is 12.8 Å². The van der Waals surface area contributed by atoms with Crippen LogP contribution in [-0.2, 0) is 19.9 Å². The van der Waals surface area contributed by atoms with Gasteiger partial charge in [0.15, 0.2) is 0 Å². The summed E-state index contributed by atoms with van der Waals surface area (Å²) in [4.78, 5) is 31.6. The molecule has 3 heterocycles. The number of methoxy groups -OCH3 is 2. The van der Waals surface area contributed by atoms with Gasteiger partial charge in [-0.2, -0.15) is 13.2 Å². The maximum atomic E-state index is 14.4. The molecule has 2 amide bonds. The van der Waals surface area contributed by atoms with Crippen molar-refractivity contribution < 1.29 is 32.2 Å². The summed E-state index contributed by atoms with van der Waals surface area (Å²) in [5, 5.41) is 2.88. The molecule has 2 aliphatic rings. The van der Waals surface area contributed by atoms with Crippen LogP contribution in [-0.4, -0.2) is 61.7 Å². The van der Waals surface area contributed by atoms with Crippen LogP contribution < -0.4 is 10.1 Å². The van der Waals surface area contributed by atoms with Crippen molar-refractivity contribution in [1.82, 2.24) is 15.2 Å². The Morgan fingerprint density at radius 2 is 1.80 bits per heavy atom. The molecule has 1 aromatic heterocycles. The Morgan fingerprint density at radius 3 is 2.40 bits per heavy atom. The number of nitrogens with zero attached hydrogens (tertiary/aromatic N) is 2. The number of pyridine rings is 1. The fraction of sp³-hybridized carbons (Fsp3) is 0.480. The highest BCUT2D eigenvalue weighted by Gasteiger charge is 2.64. The van der Waals surface area contributed by atoms with Gasteiger partial charge in [0.25, 0.3) is 11.5 Å². The van der Waals surface area contributed by atoms with Gasteiger partial charge in [0.2, 0.25) is 5.91 Å². The van der Waals surface area contributed by atoms with Crippen LogP contribution in [0.1, 0.15) is 36.4 Å². The van der Waals surface area contributed by atoms with Crippen molar-refractivity contribution in [2.45, 2.75) is 37.0 Å². The molecule has 4 rings (SSSR count). The van der Waals surface area contributed by atoms with Gasteiger partial charge < -0.3 is 19.7 Å². The predicted octanol–water partition coefficient (Wildman–Crippen LogP) is 3.41. The normalized spacial score (nSPS) is 21.8. The second-order valence-corrected chi connectivity index (χ2v) is 9.03. The molecule has 1 aromatic carbocycles. The molecule has 2 aliphatic heterocycles. The summed E-state index contributed by atoms with van der Waals surface area (Å²) < 4.78 is 53.6. The number of amides is 2. The van der Waals surface area contributed by atoms with Crippen molar-refractivity contribution >= 4 is 11.8 Å². The Hall–Kier alpha value is -3.14. The molecule has 0 saturated carbocycles. The minimum atomic E-state index is -4.97. The quantitative estimate of drug-likeness (QED) is 0.694. The summed E-state index contributed by atoms with van der Waals surface area (Å²) in [5.74, 6) is -0.883. The number of hydrogen-bond acceptors (Lipinski definition) is 5. The lowest BCUT2D eigenvalue weighted by Crippen LogP contribution is -2.60. The zero-order valence-corrected chi connectivity index (χ0v) is 19.6. The smallest absolute Gasteiger partial charge is 0.430 e. The third-order valence-electron chi connectivity index (χ3n) is 7.34. The van der Waals surface area contributed by atoms with Crippen molar-refractivity contribution in [3.8, 4) is 5.75 Å². The number of benzene rings is 1. The summed E-state index contributed by atoms with van der Waals surface area (Å²) in [5.41, 5.74) is -3.23. The number of nitrogens with one attached hydrogen (secondary N) is 1. The molecule has 0 aliphatic carbocycles. The highest BCUT2D eigenvalue weighted by atomic mass is 19.4. The van der Waals surface area contributed by atoms with E-state index >= 15 is 0 Å². The standard InChI is InChI=1S/C25H28F3N3O4/c1-34-19-9-6-12-29-21(19)18-16-30-20(32)15-23(18)10-13-31(14-11-23)22(33)24(35-2,25(26,27)28)17-7-4-3-5-8-17/h3-9,12,18H,10-11,13-16H2,1-2H3,(H,30,32)/t18-,24-/m1/s1. The lowest BCUT2D eigenvalue weighted by atomic mass is 9.63. The molecule has 2 saturated heterocycles. The third-order valence-corrected chi connectivity index (χ3v) is 7.34. The summed E-state index contributed by atoms with van der Waals surface area (Å²) in [7, 11) is 2.44. The molecular weight excluding hydrogens is 463 g/mol. The first kappa shape index (κ1) is 25.0. The van der Waals surface area contributed by atoms with Gasteiger partial charge in [-0.1, -0.05) is 30.3 Å². The SMILES string of the molecule is COc1cccnc1[C@H]1CNC(=O)CC12CCN(C(=O)[C@](OC)(c1ccccc1)C(F)(F)F)CC2. The Bertz CT molecular complexity index is 1070. The van der Waals surface area contributed by atoms with Crippen molar-refractivity contribution in [2.24, 2.45) is 5.41 Å². The number of halogens is 3. The first-order chi connectivity index (χ1) is 16.7. The van der Waals surface area contributed by atoms with E-state index in [0.717, 1.165) is 7.11 Å². The van der Waals surface area contributed by atoms with Crippen LogP contribution in [0.2, 0.25) is 0 Å². The molecule has 35 heavy (non-hydrogen) atoms. The van der Waals surface area contributed by atoms with Crippen LogP contribution in [0.3, 0.4) is 0 Å². The average Bonchev–Trinajstić information content (AvgIpc) is 2.85. The average molecular weight is 492 g/mol. The highest BCUT2D eigenvalue weighted by Crippen LogP contribution is 2.51. The fourth-order valence-corrected chi connectivity index (χ4v) is 5.47. The molecular formula is C25H28F3N3O4. The van der Waals surface area contributed by atoms with Crippen LogP contribution in [0.25, 0.3) is 0 Å². The molecule has 1 spiro atoms. The van der Waals surface area contributed by atoms with E-state index in [0.29, 0.717) is 30.8 Å². The zero-order valence-electron chi connectivity index (χ0n) is 19.6. The Morgan fingerprint density at radius 1 is 1.11 bits per heavy atom. The number of carbonyl (C=O) groups is 2. The lowest BCUT2D eigenvalue weighted by molar-refractivity contribution is -0.271. The minimum Gasteiger partial charge on any atom is -0.495 e. The second-order valence-electron chi connectivity index (χ2n) is 9.03. The van der Waals surface area contributed by atoms with Gasteiger partial charge in [0, 0.05) is 50.8 Å².